The molecule has 3 N–H and O–H groups in total. The second-order valence-corrected chi connectivity index (χ2v) is 5.71. The fraction of sp³-hybridized carbons (Fsp3) is 0.188. The van der Waals surface area contributed by atoms with Crippen LogP contribution in [0.4, 0.5) is 5.69 Å². The van der Waals surface area contributed by atoms with Gasteiger partial charge in [0, 0.05) is 10.2 Å². The van der Waals surface area contributed by atoms with Gasteiger partial charge in [0.2, 0.25) is 5.91 Å². The topological polar surface area (TPSA) is 55.1 Å². The zero-order valence-corrected chi connectivity index (χ0v) is 13.1. The van der Waals surface area contributed by atoms with Crippen LogP contribution in [-0.4, -0.2) is 5.91 Å². The largest absolute Gasteiger partial charge is 0.324 e. The van der Waals surface area contributed by atoms with Gasteiger partial charge >= 0.3 is 0 Å². The van der Waals surface area contributed by atoms with Gasteiger partial charge in [0.25, 0.3) is 0 Å². The molecule has 104 valence electrons. The Bertz CT molecular complexity index is 603. The second kappa shape index (κ2) is 6.20. The predicted molar refractivity (Wildman–Crippen MR) is 85.6 cm³/mol. The van der Waals surface area contributed by atoms with Gasteiger partial charge < -0.3 is 11.1 Å². The first-order valence-corrected chi connectivity index (χ1v) is 7.16. The molecule has 20 heavy (non-hydrogen) atoms. The van der Waals surface area contributed by atoms with Crippen LogP contribution in [0.15, 0.2) is 46.9 Å². The van der Waals surface area contributed by atoms with Crippen molar-refractivity contribution in [2.24, 2.45) is 5.73 Å². The van der Waals surface area contributed by atoms with Crippen LogP contribution in [0.25, 0.3) is 0 Å². The van der Waals surface area contributed by atoms with Crippen LogP contribution in [-0.2, 0) is 4.79 Å². The molecule has 4 heteroatoms. The molecular formula is C16H17BrN2O. The Labute approximate surface area is 127 Å². The number of aryl methyl sites for hydroxylation is 2. The van der Waals surface area contributed by atoms with E-state index in [9.17, 15) is 4.79 Å². The molecule has 0 aliphatic heterocycles. The van der Waals surface area contributed by atoms with Crippen LogP contribution in [0.1, 0.15) is 22.7 Å². The highest BCUT2D eigenvalue weighted by molar-refractivity contribution is 9.10. The smallest absolute Gasteiger partial charge is 0.245 e. The van der Waals surface area contributed by atoms with Crippen molar-refractivity contribution in [3.05, 3.63) is 63.6 Å². The summed E-state index contributed by atoms with van der Waals surface area (Å²) in [6, 6.07) is 12.6. The molecule has 0 bridgehead atoms. The summed E-state index contributed by atoms with van der Waals surface area (Å²) in [5.41, 5.74) is 9.63. The zero-order valence-electron chi connectivity index (χ0n) is 11.5. The Morgan fingerprint density at radius 1 is 1.15 bits per heavy atom. The summed E-state index contributed by atoms with van der Waals surface area (Å²) in [6.45, 7) is 3.92. The highest BCUT2D eigenvalue weighted by atomic mass is 79.9. The highest BCUT2D eigenvalue weighted by Crippen LogP contribution is 2.26. The number of halogens is 1. The summed E-state index contributed by atoms with van der Waals surface area (Å²) in [6.07, 6.45) is 0. The Balaban J connectivity index is 2.20. The normalized spacial score (nSPS) is 12.0. The van der Waals surface area contributed by atoms with Gasteiger partial charge in [-0.3, -0.25) is 4.79 Å². The molecule has 2 rings (SSSR count). The fourth-order valence-electron chi connectivity index (χ4n) is 2.12. The van der Waals surface area contributed by atoms with Gasteiger partial charge in [-0.2, -0.15) is 0 Å². The van der Waals surface area contributed by atoms with E-state index in [0.29, 0.717) is 0 Å². The van der Waals surface area contributed by atoms with E-state index in [1.807, 2.05) is 56.3 Å². The lowest BCUT2D eigenvalue weighted by molar-refractivity contribution is -0.117. The summed E-state index contributed by atoms with van der Waals surface area (Å²) in [5.74, 6) is -0.204. The van der Waals surface area contributed by atoms with Crippen molar-refractivity contribution < 1.29 is 4.79 Å². The number of rotatable bonds is 3. The van der Waals surface area contributed by atoms with Crippen LogP contribution in [0.2, 0.25) is 0 Å². The summed E-state index contributed by atoms with van der Waals surface area (Å²) < 4.78 is 0.998. The summed E-state index contributed by atoms with van der Waals surface area (Å²) >= 11 is 3.44. The highest BCUT2D eigenvalue weighted by Gasteiger charge is 2.17. The predicted octanol–water partition coefficient (Wildman–Crippen LogP) is 3.70. The number of amides is 1. The van der Waals surface area contributed by atoms with E-state index in [0.717, 1.165) is 26.9 Å². The van der Waals surface area contributed by atoms with Crippen LogP contribution < -0.4 is 11.1 Å². The average molecular weight is 333 g/mol. The molecule has 2 aromatic rings. The van der Waals surface area contributed by atoms with Crippen LogP contribution in [0.5, 0.6) is 0 Å². The number of nitrogens with one attached hydrogen (secondary N) is 1. The van der Waals surface area contributed by atoms with Crippen molar-refractivity contribution in [2.75, 3.05) is 5.32 Å². The average Bonchev–Trinajstić information content (AvgIpc) is 2.42. The van der Waals surface area contributed by atoms with Gasteiger partial charge in [-0.05, 0) is 42.7 Å². The van der Waals surface area contributed by atoms with Crippen LogP contribution >= 0.6 is 15.9 Å². The summed E-state index contributed by atoms with van der Waals surface area (Å²) in [7, 11) is 0. The van der Waals surface area contributed by atoms with Crippen molar-refractivity contribution in [1.82, 2.24) is 0 Å². The molecule has 0 saturated heterocycles. The molecule has 0 fully saturated rings. The molecule has 0 heterocycles. The summed E-state index contributed by atoms with van der Waals surface area (Å²) in [4.78, 5) is 12.3. The maximum Gasteiger partial charge on any atom is 0.245 e. The first kappa shape index (κ1) is 14.8. The van der Waals surface area contributed by atoms with E-state index in [1.165, 1.54) is 0 Å². The standard InChI is InChI=1S/C16H17BrN2O/c1-10-8-13(17)9-11(2)15(10)19-16(20)14(18)12-6-4-3-5-7-12/h3-9,14H,18H2,1-2H3,(H,19,20)/t14-/m0/s1. The van der Waals surface area contributed by atoms with Gasteiger partial charge in [-0.15, -0.1) is 0 Å². The third-order valence-electron chi connectivity index (χ3n) is 3.19. The van der Waals surface area contributed by atoms with Gasteiger partial charge in [0.1, 0.15) is 6.04 Å². The molecule has 0 spiro atoms. The van der Waals surface area contributed by atoms with Crippen molar-refractivity contribution in [3.8, 4) is 0 Å². The van der Waals surface area contributed by atoms with Crippen molar-refractivity contribution in [2.45, 2.75) is 19.9 Å². The molecule has 1 amide bonds. The minimum Gasteiger partial charge on any atom is -0.324 e. The lowest BCUT2D eigenvalue weighted by Gasteiger charge is -2.16. The fourth-order valence-corrected chi connectivity index (χ4v) is 2.81. The van der Waals surface area contributed by atoms with E-state index in [1.54, 1.807) is 0 Å². The second-order valence-electron chi connectivity index (χ2n) is 4.79. The van der Waals surface area contributed by atoms with E-state index in [-0.39, 0.29) is 5.91 Å². The lowest BCUT2D eigenvalue weighted by Crippen LogP contribution is -2.28. The number of nitrogens with two attached hydrogens (primary N) is 1. The lowest BCUT2D eigenvalue weighted by atomic mass is 10.1. The maximum absolute atomic E-state index is 12.3. The van der Waals surface area contributed by atoms with E-state index in [4.69, 9.17) is 5.73 Å². The van der Waals surface area contributed by atoms with Crippen molar-refractivity contribution in [1.29, 1.82) is 0 Å². The molecule has 1 atom stereocenters. The third kappa shape index (κ3) is 3.26. The SMILES string of the molecule is Cc1cc(Br)cc(C)c1NC(=O)[C@@H](N)c1ccccc1. The quantitative estimate of drug-likeness (QED) is 0.900. The first-order valence-electron chi connectivity index (χ1n) is 6.37. The van der Waals surface area contributed by atoms with Gasteiger partial charge in [0.05, 0.1) is 0 Å². The minimum atomic E-state index is -0.668. The number of carbonyl (C=O) groups excluding carboxylic acids is 1. The Morgan fingerprint density at radius 2 is 1.70 bits per heavy atom. The number of hydrogen-bond acceptors (Lipinski definition) is 2. The minimum absolute atomic E-state index is 0.204. The molecule has 0 aromatic heterocycles. The summed E-state index contributed by atoms with van der Waals surface area (Å²) in [5, 5.41) is 2.92. The monoisotopic (exact) mass is 332 g/mol. The van der Waals surface area contributed by atoms with Crippen LogP contribution in [0, 0.1) is 13.8 Å². The Morgan fingerprint density at radius 3 is 2.25 bits per heavy atom. The number of benzene rings is 2. The molecule has 0 radical (unpaired) electrons. The molecule has 0 unspecified atom stereocenters. The van der Waals surface area contributed by atoms with Gasteiger partial charge in [-0.1, -0.05) is 46.3 Å². The molecule has 3 nitrogen and oxygen atoms in total. The molecule has 2 aromatic carbocycles. The van der Waals surface area contributed by atoms with E-state index >= 15 is 0 Å². The van der Waals surface area contributed by atoms with E-state index in [2.05, 4.69) is 21.2 Å². The van der Waals surface area contributed by atoms with Crippen molar-refractivity contribution in [3.63, 3.8) is 0 Å². The zero-order chi connectivity index (χ0) is 14.7. The number of anilines is 1. The van der Waals surface area contributed by atoms with E-state index < -0.39 is 6.04 Å². The molecule has 0 saturated carbocycles. The molecular weight excluding hydrogens is 316 g/mol. The number of carbonyl (C=O) groups is 1. The number of hydrogen-bond donors (Lipinski definition) is 2. The first-order chi connectivity index (χ1) is 9.49. The van der Waals surface area contributed by atoms with Crippen LogP contribution in [0.3, 0.4) is 0 Å². The van der Waals surface area contributed by atoms with Gasteiger partial charge in [0.15, 0.2) is 0 Å². The maximum atomic E-state index is 12.3. The molecule has 0 aliphatic rings. The Kier molecular flexibility index (Phi) is 4.57. The van der Waals surface area contributed by atoms with Crippen molar-refractivity contribution >= 4 is 27.5 Å². The molecule has 0 aliphatic carbocycles. The Hall–Kier alpha value is -1.65. The van der Waals surface area contributed by atoms with Gasteiger partial charge in [-0.25, -0.2) is 0 Å². The third-order valence-corrected chi connectivity index (χ3v) is 3.64.